The Labute approximate surface area is 119 Å². The van der Waals surface area contributed by atoms with Crippen LogP contribution in [-0.4, -0.2) is 9.91 Å². The van der Waals surface area contributed by atoms with Crippen LogP contribution < -0.4 is 4.74 Å². The molecule has 6 nitrogen and oxygen atoms in total. The van der Waals surface area contributed by atoms with Crippen LogP contribution in [0.2, 0.25) is 5.02 Å². The maximum atomic E-state index is 10.7. The van der Waals surface area contributed by atoms with Gasteiger partial charge in [-0.1, -0.05) is 11.6 Å². The van der Waals surface area contributed by atoms with Gasteiger partial charge in [-0.05, 0) is 25.1 Å². The summed E-state index contributed by atoms with van der Waals surface area (Å²) in [5, 5.41) is 19.6. The van der Waals surface area contributed by atoms with E-state index in [2.05, 4.69) is 4.98 Å². The highest BCUT2D eigenvalue weighted by atomic mass is 35.5. The topological polar surface area (TPSA) is 89.0 Å². The Morgan fingerprint density at radius 1 is 1.40 bits per heavy atom. The molecule has 0 radical (unpaired) electrons. The predicted octanol–water partition coefficient (Wildman–Crippen LogP) is 3.62. The number of nitrogens with zero attached hydrogens (tertiary/aromatic N) is 3. The minimum Gasteiger partial charge on any atom is -0.438 e. The van der Waals surface area contributed by atoms with Gasteiger partial charge in [-0.15, -0.1) is 0 Å². The molecule has 1 aromatic carbocycles. The first-order chi connectivity index (χ1) is 9.51. The second kappa shape index (κ2) is 5.55. The second-order valence-electron chi connectivity index (χ2n) is 3.89. The Balaban J connectivity index is 2.36. The Hall–Kier alpha value is -2.65. The molecule has 0 saturated carbocycles. The van der Waals surface area contributed by atoms with Gasteiger partial charge >= 0.3 is 0 Å². The summed E-state index contributed by atoms with van der Waals surface area (Å²) < 4.78 is 5.46. The number of aromatic nitrogens is 1. The molecule has 1 heterocycles. The van der Waals surface area contributed by atoms with Gasteiger partial charge in [0.25, 0.3) is 5.69 Å². The molecule has 1 aromatic heterocycles. The van der Waals surface area contributed by atoms with Gasteiger partial charge in [0.2, 0.25) is 5.88 Å². The molecule has 0 aliphatic rings. The fourth-order valence-corrected chi connectivity index (χ4v) is 1.75. The standard InChI is InChI=1S/C13H8ClN3O3/c1-8-2-3-9(7-15)13(16-8)20-10-4-5-12(17(18)19)11(14)6-10/h2-6H,1H3. The lowest BCUT2D eigenvalue weighted by atomic mass is 10.2. The van der Waals surface area contributed by atoms with E-state index in [4.69, 9.17) is 21.6 Å². The van der Waals surface area contributed by atoms with Crippen molar-refractivity contribution in [2.24, 2.45) is 0 Å². The number of nitro groups is 1. The molecule has 0 N–H and O–H groups in total. The van der Waals surface area contributed by atoms with Gasteiger partial charge in [0, 0.05) is 17.8 Å². The van der Waals surface area contributed by atoms with Crippen molar-refractivity contribution < 1.29 is 9.66 Å². The zero-order chi connectivity index (χ0) is 14.7. The van der Waals surface area contributed by atoms with Crippen molar-refractivity contribution in [3.63, 3.8) is 0 Å². The van der Waals surface area contributed by atoms with E-state index in [9.17, 15) is 10.1 Å². The van der Waals surface area contributed by atoms with Crippen LogP contribution >= 0.6 is 11.6 Å². The third-order valence-corrected chi connectivity index (χ3v) is 2.75. The van der Waals surface area contributed by atoms with Gasteiger partial charge < -0.3 is 4.74 Å². The van der Waals surface area contributed by atoms with Crippen LogP contribution in [-0.2, 0) is 0 Å². The highest BCUT2D eigenvalue weighted by Gasteiger charge is 2.14. The van der Waals surface area contributed by atoms with Crippen molar-refractivity contribution >= 4 is 17.3 Å². The van der Waals surface area contributed by atoms with Crippen LogP contribution in [0.4, 0.5) is 5.69 Å². The molecule has 2 aromatic rings. The van der Waals surface area contributed by atoms with E-state index in [1.807, 2.05) is 6.07 Å². The zero-order valence-corrected chi connectivity index (χ0v) is 11.1. The first-order valence-electron chi connectivity index (χ1n) is 5.51. The molecule has 0 aliphatic heterocycles. The first kappa shape index (κ1) is 13.8. The second-order valence-corrected chi connectivity index (χ2v) is 4.30. The number of aryl methyl sites for hydroxylation is 1. The third kappa shape index (κ3) is 2.84. The highest BCUT2D eigenvalue weighted by molar-refractivity contribution is 6.32. The van der Waals surface area contributed by atoms with Gasteiger partial charge in [0.1, 0.15) is 22.4 Å². The number of nitriles is 1. The summed E-state index contributed by atoms with van der Waals surface area (Å²) in [5.74, 6) is 0.410. The summed E-state index contributed by atoms with van der Waals surface area (Å²) in [6.07, 6.45) is 0. The number of hydrogen-bond donors (Lipinski definition) is 0. The van der Waals surface area contributed by atoms with E-state index < -0.39 is 4.92 Å². The van der Waals surface area contributed by atoms with Crippen LogP contribution in [0.5, 0.6) is 11.6 Å². The average molecular weight is 290 g/mol. The molecule has 0 bridgehead atoms. The fraction of sp³-hybridized carbons (Fsp3) is 0.0769. The predicted molar refractivity (Wildman–Crippen MR) is 71.9 cm³/mol. The van der Waals surface area contributed by atoms with Crippen molar-refractivity contribution in [2.75, 3.05) is 0 Å². The van der Waals surface area contributed by atoms with Crippen LogP contribution in [0.15, 0.2) is 30.3 Å². The van der Waals surface area contributed by atoms with Gasteiger partial charge in [-0.3, -0.25) is 10.1 Å². The molecule has 0 spiro atoms. The van der Waals surface area contributed by atoms with Gasteiger partial charge in [-0.25, -0.2) is 4.98 Å². The average Bonchev–Trinajstić information content (AvgIpc) is 2.38. The number of hydrogen-bond acceptors (Lipinski definition) is 5. The number of benzene rings is 1. The van der Waals surface area contributed by atoms with Crippen molar-refractivity contribution in [3.8, 4) is 17.7 Å². The third-order valence-electron chi connectivity index (χ3n) is 2.45. The zero-order valence-electron chi connectivity index (χ0n) is 10.3. The summed E-state index contributed by atoms with van der Waals surface area (Å²) in [6, 6.07) is 9.18. The summed E-state index contributed by atoms with van der Waals surface area (Å²) >= 11 is 5.79. The van der Waals surface area contributed by atoms with E-state index in [0.717, 1.165) is 0 Å². The molecule has 0 atom stereocenters. The minimum absolute atomic E-state index is 0.0429. The molecule has 2 rings (SSSR count). The van der Waals surface area contributed by atoms with E-state index >= 15 is 0 Å². The summed E-state index contributed by atoms with van der Waals surface area (Å²) in [6.45, 7) is 1.76. The molecular weight excluding hydrogens is 282 g/mol. The Morgan fingerprint density at radius 2 is 2.15 bits per heavy atom. The van der Waals surface area contributed by atoms with E-state index in [1.54, 1.807) is 19.1 Å². The SMILES string of the molecule is Cc1ccc(C#N)c(Oc2ccc([N+](=O)[O-])c(Cl)c2)n1. The van der Waals surface area contributed by atoms with Crippen LogP contribution in [0.1, 0.15) is 11.3 Å². The van der Waals surface area contributed by atoms with Gasteiger partial charge in [0.05, 0.1) is 4.92 Å². The lowest BCUT2D eigenvalue weighted by molar-refractivity contribution is -0.384. The van der Waals surface area contributed by atoms with Crippen molar-refractivity contribution in [1.82, 2.24) is 4.98 Å². The smallest absolute Gasteiger partial charge is 0.288 e. The van der Waals surface area contributed by atoms with Crippen LogP contribution in [0.25, 0.3) is 0 Å². The number of rotatable bonds is 3. The number of ether oxygens (including phenoxy) is 1. The molecular formula is C13H8ClN3O3. The number of nitro benzene ring substituents is 1. The van der Waals surface area contributed by atoms with Crippen molar-refractivity contribution in [3.05, 3.63) is 56.7 Å². The molecule has 0 fully saturated rings. The molecule has 0 saturated heterocycles. The van der Waals surface area contributed by atoms with E-state index in [-0.39, 0.29) is 27.9 Å². The van der Waals surface area contributed by atoms with Crippen LogP contribution in [0.3, 0.4) is 0 Å². The maximum Gasteiger partial charge on any atom is 0.288 e. The largest absolute Gasteiger partial charge is 0.438 e. The van der Waals surface area contributed by atoms with Crippen molar-refractivity contribution in [2.45, 2.75) is 6.92 Å². The van der Waals surface area contributed by atoms with Crippen molar-refractivity contribution in [1.29, 1.82) is 5.26 Å². The molecule has 20 heavy (non-hydrogen) atoms. The first-order valence-corrected chi connectivity index (χ1v) is 5.88. The Morgan fingerprint density at radius 3 is 2.75 bits per heavy atom. The van der Waals surface area contributed by atoms with E-state index in [1.165, 1.54) is 18.2 Å². The van der Waals surface area contributed by atoms with Crippen LogP contribution in [0, 0.1) is 28.4 Å². The minimum atomic E-state index is -0.586. The lowest BCUT2D eigenvalue weighted by Gasteiger charge is -2.07. The van der Waals surface area contributed by atoms with Gasteiger partial charge in [0.15, 0.2) is 0 Å². The normalized spacial score (nSPS) is 9.85. The molecule has 7 heteroatoms. The lowest BCUT2D eigenvalue weighted by Crippen LogP contribution is -1.95. The molecule has 0 aliphatic carbocycles. The number of pyridine rings is 1. The summed E-state index contributed by atoms with van der Waals surface area (Å²) in [7, 11) is 0. The quantitative estimate of drug-likeness (QED) is 0.636. The number of halogens is 1. The summed E-state index contributed by atoms with van der Waals surface area (Å²) in [4.78, 5) is 14.2. The summed E-state index contributed by atoms with van der Waals surface area (Å²) in [5.41, 5.74) is 0.744. The molecule has 100 valence electrons. The van der Waals surface area contributed by atoms with Gasteiger partial charge in [-0.2, -0.15) is 5.26 Å². The Bertz CT molecular complexity index is 725. The Kier molecular flexibility index (Phi) is 3.82. The molecule has 0 unspecified atom stereocenters. The fourth-order valence-electron chi connectivity index (χ4n) is 1.51. The maximum absolute atomic E-state index is 10.7. The highest BCUT2D eigenvalue weighted by Crippen LogP contribution is 2.31. The van der Waals surface area contributed by atoms with E-state index in [0.29, 0.717) is 5.69 Å². The molecule has 0 amide bonds. The monoisotopic (exact) mass is 289 g/mol.